The quantitative estimate of drug-likeness (QED) is 0.555. The Morgan fingerprint density at radius 2 is 1.88 bits per heavy atom. The van der Waals surface area contributed by atoms with Crippen LogP contribution in [0.1, 0.15) is 20.8 Å². The number of rotatable bonds is 6. The van der Waals surface area contributed by atoms with E-state index in [9.17, 15) is 13.2 Å². The van der Waals surface area contributed by atoms with Crippen molar-refractivity contribution in [3.05, 3.63) is 0 Å². The molecule has 2 N–H and O–H groups in total. The first kappa shape index (κ1) is 16.5. The number of amides is 1. The largest absolute Gasteiger partial charge is 0.444 e. The van der Waals surface area contributed by atoms with Crippen LogP contribution in [-0.2, 0) is 14.8 Å². The lowest BCUT2D eigenvalue weighted by molar-refractivity contribution is 0.0529. The molecule has 0 rings (SSSR count). The Labute approximate surface area is 107 Å². The van der Waals surface area contributed by atoms with Crippen molar-refractivity contribution < 1.29 is 17.9 Å². The van der Waals surface area contributed by atoms with Gasteiger partial charge in [-0.2, -0.15) is 0 Å². The highest BCUT2D eigenvalue weighted by Gasteiger charge is 2.15. The lowest BCUT2D eigenvalue weighted by Crippen LogP contribution is -2.38. The maximum absolute atomic E-state index is 11.2. The number of nitrogens with one attached hydrogen (secondary N) is 2. The average Bonchev–Trinajstić information content (AvgIpc) is 2.09. The zero-order valence-electron chi connectivity index (χ0n) is 10.2. The van der Waals surface area contributed by atoms with E-state index in [-0.39, 0.29) is 24.7 Å². The average molecular weight is 287 g/mol. The molecule has 6 nitrogen and oxygen atoms in total. The van der Waals surface area contributed by atoms with E-state index in [0.717, 1.165) is 0 Å². The molecule has 0 radical (unpaired) electrons. The lowest BCUT2D eigenvalue weighted by Gasteiger charge is -2.19. The van der Waals surface area contributed by atoms with E-state index in [1.54, 1.807) is 20.8 Å². The molecule has 8 heteroatoms. The number of ether oxygens (including phenoxy) is 1. The van der Waals surface area contributed by atoms with E-state index in [1.165, 1.54) is 0 Å². The Kier molecular flexibility index (Phi) is 6.81. The van der Waals surface area contributed by atoms with Crippen molar-refractivity contribution in [1.29, 1.82) is 0 Å². The first-order valence-electron chi connectivity index (χ1n) is 5.16. The van der Waals surface area contributed by atoms with E-state index in [2.05, 4.69) is 10.0 Å². The Bertz CT molecular complexity index is 337. The van der Waals surface area contributed by atoms with E-state index in [0.29, 0.717) is 0 Å². The van der Waals surface area contributed by atoms with Crippen LogP contribution in [0.2, 0.25) is 0 Å². The van der Waals surface area contributed by atoms with Crippen molar-refractivity contribution in [3.8, 4) is 0 Å². The van der Waals surface area contributed by atoms with Crippen LogP contribution in [0.5, 0.6) is 0 Å². The van der Waals surface area contributed by atoms with Gasteiger partial charge >= 0.3 is 6.09 Å². The third kappa shape index (κ3) is 10.3. The molecule has 0 bridgehead atoms. The van der Waals surface area contributed by atoms with Crippen molar-refractivity contribution >= 4 is 27.7 Å². The standard InChI is InChI=1S/C9H19ClN2O4S/c1-9(2,3)16-8(13)11-5-6-12-17(14,15)7-4-10/h12H,4-7H2,1-3H3,(H,11,13). The van der Waals surface area contributed by atoms with Crippen molar-refractivity contribution in [1.82, 2.24) is 10.0 Å². The van der Waals surface area contributed by atoms with Crippen LogP contribution in [-0.4, -0.2) is 44.8 Å². The summed E-state index contributed by atoms with van der Waals surface area (Å²) >= 11 is 5.31. The summed E-state index contributed by atoms with van der Waals surface area (Å²) in [5.41, 5.74) is -0.567. The van der Waals surface area contributed by atoms with Gasteiger partial charge in [-0.3, -0.25) is 0 Å². The highest BCUT2D eigenvalue weighted by Crippen LogP contribution is 2.05. The molecule has 0 saturated carbocycles. The molecule has 0 aromatic heterocycles. The predicted molar refractivity (Wildman–Crippen MR) is 66.7 cm³/mol. The molecule has 0 atom stereocenters. The van der Waals surface area contributed by atoms with Crippen LogP contribution in [0.4, 0.5) is 4.79 Å². The summed E-state index contributed by atoms with van der Waals surface area (Å²) in [5.74, 6) is -0.101. The number of alkyl carbamates (subject to hydrolysis) is 1. The molecule has 0 saturated heterocycles. The normalized spacial score (nSPS) is 12.2. The number of carbonyl (C=O) groups excluding carboxylic acids is 1. The van der Waals surface area contributed by atoms with E-state index < -0.39 is 21.7 Å². The topological polar surface area (TPSA) is 84.5 Å². The Hall–Kier alpha value is -0.530. The number of carbonyl (C=O) groups is 1. The maximum Gasteiger partial charge on any atom is 0.407 e. The molecule has 0 aliphatic carbocycles. The Balaban J connectivity index is 3.76. The molecule has 17 heavy (non-hydrogen) atoms. The fourth-order valence-corrected chi connectivity index (χ4v) is 2.23. The van der Waals surface area contributed by atoms with Gasteiger partial charge in [-0.1, -0.05) is 0 Å². The molecular weight excluding hydrogens is 268 g/mol. The highest BCUT2D eigenvalue weighted by molar-refractivity contribution is 7.89. The monoisotopic (exact) mass is 286 g/mol. The number of halogens is 1. The van der Waals surface area contributed by atoms with Gasteiger partial charge in [-0.05, 0) is 20.8 Å². The molecule has 102 valence electrons. The summed E-state index contributed by atoms with van der Waals surface area (Å²) in [6.07, 6.45) is -0.575. The Morgan fingerprint density at radius 3 is 2.35 bits per heavy atom. The third-order valence-electron chi connectivity index (χ3n) is 1.46. The summed E-state index contributed by atoms with van der Waals surface area (Å²) in [5, 5.41) is 2.43. The van der Waals surface area contributed by atoms with Crippen LogP contribution in [0.3, 0.4) is 0 Å². The van der Waals surface area contributed by atoms with Crippen molar-refractivity contribution in [2.75, 3.05) is 24.7 Å². The minimum Gasteiger partial charge on any atom is -0.444 e. The molecule has 0 fully saturated rings. The molecule has 0 aliphatic heterocycles. The Morgan fingerprint density at radius 1 is 1.29 bits per heavy atom. The summed E-state index contributed by atoms with van der Waals surface area (Å²) in [6.45, 7) is 5.51. The van der Waals surface area contributed by atoms with Crippen LogP contribution in [0.25, 0.3) is 0 Å². The number of hydrogen-bond donors (Lipinski definition) is 2. The number of alkyl halides is 1. The first-order valence-corrected chi connectivity index (χ1v) is 7.35. The molecule has 1 amide bonds. The van der Waals surface area contributed by atoms with Gasteiger partial charge < -0.3 is 10.1 Å². The fourth-order valence-electron chi connectivity index (χ4n) is 0.859. The highest BCUT2D eigenvalue weighted by atomic mass is 35.5. The van der Waals surface area contributed by atoms with Gasteiger partial charge in [-0.25, -0.2) is 17.9 Å². The van der Waals surface area contributed by atoms with Gasteiger partial charge in [0.15, 0.2) is 0 Å². The lowest BCUT2D eigenvalue weighted by atomic mass is 10.2. The van der Waals surface area contributed by atoms with Crippen LogP contribution < -0.4 is 10.0 Å². The van der Waals surface area contributed by atoms with Crippen molar-refractivity contribution in [3.63, 3.8) is 0 Å². The zero-order chi connectivity index (χ0) is 13.5. The number of hydrogen-bond acceptors (Lipinski definition) is 4. The van der Waals surface area contributed by atoms with Gasteiger partial charge in [0.2, 0.25) is 10.0 Å². The van der Waals surface area contributed by atoms with E-state index in [4.69, 9.17) is 16.3 Å². The second-order valence-corrected chi connectivity index (χ2v) is 6.64. The van der Waals surface area contributed by atoms with E-state index >= 15 is 0 Å². The molecule has 0 unspecified atom stereocenters. The second kappa shape index (κ2) is 7.03. The summed E-state index contributed by atoms with van der Waals surface area (Å²) < 4.78 is 29.6. The van der Waals surface area contributed by atoms with Gasteiger partial charge in [0, 0.05) is 19.0 Å². The van der Waals surface area contributed by atoms with Crippen LogP contribution in [0.15, 0.2) is 0 Å². The minimum absolute atomic E-state index is 0.0365. The molecule has 0 heterocycles. The summed E-state index contributed by atoms with van der Waals surface area (Å²) in [6, 6.07) is 0. The fraction of sp³-hybridized carbons (Fsp3) is 0.889. The molecule has 0 aromatic rings. The third-order valence-corrected chi connectivity index (χ3v) is 3.26. The van der Waals surface area contributed by atoms with Gasteiger partial charge in [-0.15, -0.1) is 11.6 Å². The van der Waals surface area contributed by atoms with Gasteiger partial charge in [0.25, 0.3) is 0 Å². The van der Waals surface area contributed by atoms with Gasteiger partial charge in [0.1, 0.15) is 5.60 Å². The van der Waals surface area contributed by atoms with Gasteiger partial charge in [0.05, 0.1) is 5.75 Å². The predicted octanol–water partition coefficient (Wildman–Crippen LogP) is 0.669. The minimum atomic E-state index is -3.34. The molecule has 0 spiro atoms. The van der Waals surface area contributed by atoms with Crippen LogP contribution >= 0.6 is 11.6 Å². The second-order valence-electron chi connectivity index (χ2n) is 4.33. The zero-order valence-corrected chi connectivity index (χ0v) is 11.8. The molecule has 0 aliphatic rings. The maximum atomic E-state index is 11.2. The van der Waals surface area contributed by atoms with Crippen molar-refractivity contribution in [2.45, 2.75) is 26.4 Å². The van der Waals surface area contributed by atoms with E-state index in [1.807, 2.05) is 0 Å². The summed E-state index contributed by atoms with van der Waals surface area (Å²) in [4.78, 5) is 11.2. The number of sulfonamides is 1. The van der Waals surface area contributed by atoms with Crippen molar-refractivity contribution in [2.24, 2.45) is 0 Å². The summed E-state index contributed by atoms with van der Waals surface area (Å²) in [7, 11) is -3.34. The van der Waals surface area contributed by atoms with Crippen LogP contribution in [0, 0.1) is 0 Å². The molecular formula is C9H19ClN2O4S. The first-order chi connectivity index (χ1) is 7.66. The smallest absolute Gasteiger partial charge is 0.407 e. The SMILES string of the molecule is CC(C)(C)OC(=O)NCCNS(=O)(=O)CCCl. The molecule has 0 aromatic carbocycles.